The molecule has 1 heterocycles. The van der Waals surface area contributed by atoms with Crippen LogP contribution in [0.5, 0.6) is 11.6 Å². The van der Waals surface area contributed by atoms with Gasteiger partial charge in [-0.05, 0) is 28.4 Å². The third kappa shape index (κ3) is 3.94. The average Bonchev–Trinajstić information content (AvgIpc) is 2.40. The van der Waals surface area contributed by atoms with Crippen molar-refractivity contribution in [2.45, 2.75) is 19.8 Å². The second kappa shape index (κ2) is 6.57. The van der Waals surface area contributed by atoms with Crippen molar-refractivity contribution in [2.75, 3.05) is 0 Å². The summed E-state index contributed by atoms with van der Waals surface area (Å²) in [5, 5.41) is 10.6. The third-order valence-corrected chi connectivity index (χ3v) is 2.94. The highest BCUT2D eigenvalue weighted by Gasteiger charge is 2.13. The fourth-order valence-corrected chi connectivity index (χ4v) is 2.03. The van der Waals surface area contributed by atoms with Crippen molar-refractivity contribution >= 4 is 21.6 Å². The summed E-state index contributed by atoms with van der Waals surface area (Å²) in [7, 11) is 0. The van der Waals surface area contributed by atoms with Crippen LogP contribution >= 0.6 is 15.9 Å². The largest absolute Gasteiger partial charge is 0.436 e. The van der Waals surface area contributed by atoms with Gasteiger partial charge in [-0.2, -0.15) is 4.98 Å². The first-order valence-corrected chi connectivity index (χ1v) is 6.94. The summed E-state index contributed by atoms with van der Waals surface area (Å²) in [6.45, 7) is 1.99. The summed E-state index contributed by atoms with van der Waals surface area (Å²) in [5.41, 5.74) is -0.338. The topological polar surface area (TPSA) is 78.2 Å². The number of hydrogen-bond acceptors (Lipinski definition) is 5. The summed E-state index contributed by atoms with van der Waals surface area (Å²) < 4.78 is 19.6. The van der Waals surface area contributed by atoms with E-state index in [1.54, 1.807) is 0 Å². The van der Waals surface area contributed by atoms with Gasteiger partial charge in [0.15, 0.2) is 11.6 Å². The molecule has 0 amide bonds. The molecule has 2 rings (SSSR count). The smallest absolute Gasteiger partial charge is 0.272 e. The molecule has 21 heavy (non-hydrogen) atoms. The average molecular weight is 356 g/mol. The fraction of sp³-hybridized carbons (Fsp3) is 0.231. The molecule has 0 N–H and O–H groups in total. The van der Waals surface area contributed by atoms with Gasteiger partial charge in [0.25, 0.3) is 5.69 Å². The van der Waals surface area contributed by atoms with E-state index in [1.807, 2.05) is 6.92 Å². The normalized spacial score (nSPS) is 10.4. The predicted molar refractivity (Wildman–Crippen MR) is 76.9 cm³/mol. The Morgan fingerprint density at radius 3 is 2.76 bits per heavy atom. The Balaban J connectivity index is 2.27. The van der Waals surface area contributed by atoms with Gasteiger partial charge in [-0.25, -0.2) is 9.37 Å². The van der Waals surface area contributed by atoms with Crippen LogP contribution in [0.1, 0.15) is 19.2 Å². The summed E-state index contributed by atoms with van der Waals surface area (Å²) in [4.78, 5) is 18.2. The molecule has 0 aliphatic rings. The highest BCUT2D eigenvalue weighted by Crippen LogP contribution is 2.27. The molecule has 0 aliphatic carbocycles. The van der Waals surface area contributed by atoms with E-state index in [1.165, 1.54) is 18.2 Å². The lowest BCUT2D eigenvalue weighted by Gasteiger charge is -2.07. The van der Waals surface area contributed by atoms with Crippen LogP contribution in [0, 0.1) is 15.9 Å². The van der Waals surface area contributed by atoms with Crippen LogP contribution in [0.2, 0.25) is 0 Å². The van der Waals surface area contributed by atoms with E-state index in [4.69, 9.17) is 4.74 Å². The molecule has 1 aromatic carbocycles. The molecule has 0 spiro atoms. The minimum Gasteiger partial charge on any atom is -0.436 e. The van der Waals surface area contributed by atoms with Crippen molar-refractivity contribution in [1.82, 2.24) is 9.97 Å². The second-order valence-corrected chi connectivity index (χ2v) is 4.98. The lowest BCUT2D eigenvalue weighted by Crippen LogP contribution is -1.99. The van der Waals surface area contributed by atoms with Crippen LogP contribution in [0.15, 0.2) is 28.9 Å². The van der Waals surface area contributed by atoms with Gasteiger partial charge < -0.3 is 4.74 Å². The van der Waals surface area contributed by atoms with Crippen molar-refractivity contribution < 1.29 is 14.1 Å². The van der Waals surface area contributed by atoms with Crippen molar-refractivity contribution in [1.29, 1.82) is 0 Å². The molecule has 0 saturated carbocycles. The monoisotopic (exact) mass is 355 g/mol. The standard InChI is InChI=1S/C13H11BrFN3O3/c1-2-3-12-16-11(14)7-13(17-12)21-10-5-4-8(18(19)20)6-9(10)15/h4-7H,2-3H2,1H3. The molecule has 2 aromatic rings. The Morgan fingerprint density at radius 1 is 1.38 bits per heavy atom. The predicted octanol–water partition coefficient (Wildman–Crippen LogP) is 4.03. The molecule has 0 unspecified atom stereocenters. The summed E-state index contributed by atoms with van der Waals surface area (Å²) in [5.74, 6) is -0.207. The Morgan fingerprint density at radius 2 is 2.14 bits per heavy atom. The number of nitro groups is 1. The molecule has 0 atom stereocenters. The Labute approximate surface area is 128 Å². The molecule has 1 aromatic heterocycles. The lowest BCUT2D eigenvalue weighted by molar-refractivity contribution is -0.385. The van der Waals surface area contributed by atoms with Crippen LogP contribution in [0.25, 0.3) is 0 Å². The number of nitrogens with zero attached hydrogens (tertiary/aromatic N) is 3. The Hall–Kier alpha value is -2.09. The van der Waals surface area contributed by atoms with Gasteiger partial charge in [0.05, 0.1) is 11.0 Å². The van der Waals surface area contributed by atoms with Crippen LogP contribution in [-0.4, -0.2) is 14.9 Å². The van der Waals surface area contributed by atoms with Gasteiger partial charge in [-0.3, -0.25) is 10.1 Å². The molecule has 0 bridgehead atoms. The summed E-state index contributed by atoms with van der Waals surface area (Å²) in [6, 6.07) is 4.67. The number of rotatable bonds is 5. The molecule has 0 aliphatic heterocycles. The van der Waals surface area contributed by atoms with Gasteiger partial charge in [0.2, 0.25) is 5.88 Å². The van der Waals surface area contributed by atoms with Crippen molar-refractivity contribution in [3.8, 4) is 11.6 Å². The Kier molecular flexibility index (Phi) is 4.79. The number of aryl methyl sites for hydroxylation is 1. The third-order valence-electron chi connectivity index (χ3n) is 2.53. The minimum atomic E-state index is -0.823. The zero-order valence-corrected chi connectivity index (χ0v) is 12.6. The molecule has 110 valence electrons. The fourth-order valence-electron chi connectivity index (χ4n) is 1.63. The van der Waals surface area contributed by atoms with E-state index in [2.05, 4.69) is 25.9 Å². The zero-order chi connectivity index (χ0) is 15.4. The minimum absolute atomic E-state index is 0.131. The number of halogens is 2. The van der Waals surface area contributed by atoms with E-state index in [-0.39, 0.29) is 17.3 Å². The second-order valence-electron chi connectivity index (χ2n) is 4.17. The molecule has 8 heteroatoms. The van der Waals surface area contributed by atoms with Gasteiger partial charge in [-0.1, -0.05) is 6.92 Å². The van der Waals surface area contributed by atoms with Crippen molar-refractivity contribution in [3.05, 3.63) is 50.6 Å². The van der Waals surface area contributed by atoms with E-state index in [0.29, 0.717) is 16.8 Å². The van der Waals surface area contributed by atoms with E-state index < -0.39 is 10.7 Å². The van der Waals surface area contributed by atoms with Gasteiger partial charge in [-0.15, -0.1) is 0 Å². The van der Waals surface area contributed by atoms with Crippen molar-refractivity contribution in [2.24, 2.45) is 0 Å². The highest BCUT2D eigenvalue weighted by molar-refractivity contribution is 9.10. The summed E-state index contributed by atoms with van der Waals surface area (Å²) in [6.07, 6.45) is 1.53. The van der Waals surface area contributed by atoms with Gasteiger partial charge >= 0.3 is 0 Å². The first kappa shape index (κ1) is 15.3. The van der Waals surface area contributed by atoms with Crippen LogP contribution in [-0.2, 0) is 6.42 Å². The van der Waals surface area contributed by atoms with E-state index in [0.717, 1.165) is 12.5 Å². The molecule has 0 saturated heterocycles. The Bertz CT molecular complexity index is 682. The number of ether oxygens (including phenoxy) is 1. The molecular weight excluding hydrogens is 345 g/mol. The summed E-state index contributed by atoms with van der Waals surface area (Å²) >= 11 is 3.23. The molecule has 6 nitrogen and oxygen atoms in total. The maximum atomic E-state index is 13.8. The van der Waals surface area contributed by atoms with Crippen molar-refractivity contribution in [3.63, 3.8) is 0 Å². The number of nitro benzene ring substituents is 1. The highest BCUT2D eigenvalue weighted by atomic mass is 79.9. The van der Waals surface area contributed by atoms with Crippen LogP contribution in [0.3, 0.4) is 0 Å². The first-order valence-electron chi connectivity index (χ1n) is 6.15. The zero-order valence-electron chi connectivity index (χ0n) is 11.0. The van der Waals surface area contributed by atoms with Gasteiger partial charge in [0, 0.05) is 18.6 Å². The van der Waals surface area contributed by atoms with E-state index in [9.17, 15) is 14.5 Å². The number of aromatic nitrogens is 2. The number of non-ortho nitro benzene ring substituents is 1. The molecule has 0 fully saturated rings. The van der Waals surface area contributed by atoms with Gasteiger partial charge in [0.1, 0.15) is 10.4 Å². The van der Waals surface area contributed by atoms with E-state index >= 15 is 0 Å². The maximum Gasteiger partial charge on any atom is 0.272 e. The van der Waals surface area contributed by atoms with Crippen LogP contribution in [0.4, 0.5) is 10.1 Å². The first-order chi connectivity index (χ1) is 9.99. The quantitative estimate of drug-likeness (QED) is 0.459. The lowest BCUT2D eigenvalue weighted by atomic mass is 10.3. The maximum absolute atomic E-state index is 13.8. The SMILES string of the molecule is CCCc1nc(Br)cc(Oc2ccc([N+](=O)[O-])cc2F)n1. The molecular formula is C13H11BrFN3O3. The van der Waals surface area contributed by atoms with Crippen LogP contribution < -0.4 is 4.74 Å². The molecule has 0 radical (unpaired) electrons. The number of benzene rings is 1. The number of hydrogen-bond donors (Lipinski definition) is 0.